The predicted octanol–water partition coefficient (Wildman–Crippen LogP) is 5.35. The molecule has 0 N–H and O–H groups in total. The van der Waals surface area contributed by atoms with Gasteiger partial charge in [0, 0.05) is 9.79 Å². The van der Waals surface area contributed by atoms with E-state index in [0.29, 0.717) is 22.3 Å². The third kappa shape index (κ3) is 2.66. The first-order valence-electron chi connectivity index (χ1n) is 6.11. The van der Waals surface area contributed by atoms with Gasteiger partial charge in [-0.25, -0.2) is 8.78 Å². The molecule has 3 heteroatoms. The van der Waals surface area contributed by atoms with Gasteiger partial charge in [0.15, 0.2) is 0 Å². The third-order valence-electron chi connectivity index (χ3n) is 3.28. The minimum Gasteiger partial charge on any atom is -0.206 e. The summed E-state index contributed by atoms with van der Waals surface area (Å²) in [6.45, 7) is 7.00. The Morgan fingerprint density at radius 2 is 1.05 bits per heavy atom. The lowest BCUT2D eigenvalue weighted by atomic mass is 10.1. The van der Waals surface area contributed by atoms with Gasteiger partial charge in [0.2, 0.25) is 0 Å². The highest BCUT2D eigenvalue weighted by Crippen LogP contribution is 2.35. The van der Waals surface area contributed by atoms with Crippen molar-refractivity contribution in [2.24, 2.45) is 0 Å². The minimum atomic E-state index is -0.185. The van der Waals surface area contributed by atoms with Gasteiger partial charge < -0.3 is 0 Å². The summed E-state index contributed by atoms with van der Waals surface area (Å²) in [6, 6.07) is 7.28. The molecule has 0 aromatic heterocycles. The van der Waals surface area contributed by atoms with Crippen LogP contribution in [0.4, 0.5) is 8.78 Å². The fourth-order valence-corrected chi connectivity index (χ4v) is 2.94. The number of benzene rings is 2. The van der Waals surface area contributed by atoms with Crippen molar-refractivity contribution in [3.63, 3.8) is 0 Å². The van der Waals surface area contributed by atoms with E-state index in [4.69, 9.17) is 0 Å². The zero-order chi connectivity index (χ0) is 14.2. The molecule has 0 spiro atoms. The van der Waals surface area contributed by atoms with Crippen LogP contribution in [0.2, 0.25) is 0 Å². The van der Waals surface area contributed by atoms with Crippen molar-refractivity contribution < 1.29 is 8.78 Å². The lowest BCUT2D eigenvalue weighted by molar-refractivity contribution is 0.603. The molecule has 0 aliphatic rings. The zero-order valence-corrected chi connectivity index (χ0v) is 12.3. The Balaban J connectivity index is 2.43. The molecule has 100 valence electrons. The van der Waals surface area contributed by atoms with Crippen molar-refractivity contribution in [2.75, 3.05) is 0 Å². The Labute approximate surface area is 116 Å². The van der Waals surface area contributed by atoms with Crippen molar-refractivity contribution in [1.29, 1.82) is 0 Å². The third-order valence-corrected chi connectivity index (χ3v) is 4.60. The van der Waals surface area contributed by atoms with E-state index < -0.39 is 0 Å². The van der Waals surface area contributed by atoms with Gasteiger partial charge >= 0.3 is 0 Å². The molecule has 0 nitrogen and oxygen atoms in total. The molecule has 2 aromatic carbocycles. The van der Waals surface area contributed by atoms with Crippen LogP contribution in [0, 0.1) is 39.3 Å². The van der Waals surface area contributed by atoms with Gasteiger partial charge in [0.25, 0.3) is 0 Å². The van der Waals surface area contributed by atoms with Crippen molar-refractivity contribution in [3.05, 3.63) is 58.2 Å². The Kier molecular flexibility index (Phi) is 3.95. The molecule has 2 rings (SSSR count). The highest BCUT2D eigenvalue weighted by atomic mass is 32.2. The summed E-state index contributed by atoms with van der Waals surface area (Å²) in [5.74, 6) is -0.370. The first-order valence-corrected chi connectivity index (χ1v) is 6.92. The molecule has 0 unspecified atom stereocenters. The monoisotopic (exact) mass is 278 g/mol. The Morgan fingerprint density at radius 1 is 0.684 bits per heavy atom. The SMILES string of the molecule is Cc1ccc(Sc2ccc(C)c(F)c2C)c(C)c1F. The molecule has 0 atom stereocenters. The highest BCUT2D eigenvalue weighted by molar-refractivity contribution is 7.99. The van der Waals surface area contributed by atoms with E-state index >= 15 is 0 Å². The summed E-state index contributed by atoms with van der Waals surface area (Å²) in [7, 11) is 0. The van der Waals surface area contributed by atoms with Crippen molar-refractivity contribution in [3.8, 4) is 0 Å². The average Bonchev–Trinajstić information content (AvgIpc) is 2.39. The molecule has 19 heavy (non-hydrogen) atoms. The van der Waals surface area contributed by atoms with E-state index in [0.717, 1.165) is 9.79 Å². The van der Waals surface area contributed by atoms with E-state index in [9.17, 15) is 8.78 Å². The maximum atomic E-state index is 13.9. The van der Waals surface area contributed by atoms with Crippen LogP contribution < -0.4 is 0 Å². The van der Waals surface area contributed by atoms with Gasteiger partial charge in [0.05, 0.1) is 0 Å². The van der Waals surface area contributed by atoms with Gasteiger partial charge in [-0.15, -0.1) is 0 Å². The summed E-state index contributed by atoms with van der Waals surface area (Å²) in [6.07, 6.45) is 0. The van der Waals surface area contributed by atoms with Gasteiger partial charge in [-0.3, -0.25) is 0 Å². The molecular formula is C16H16F2S. The number of hydrogen-bond acceptors (Lipinski definition) is 1. The molecule has 0 saturated heterocycles. The highest BCUT2D eigenvalue weighted by Gasteiger charge is 2.12. The molecule has 0 heterocycles. The lowest BCUT2D eigenvalue weighted by Gasteiger charge is -2.11. The van der Waals surface area contributed by atoms with Crippen LogP contribution in [0.25, 0.3) is 0 Å². The van der Waals surface area contributed by atoms with Crippen LogP contribution in [-0.4, -0.2) is 0 Å². The number of aryl methyl sites for hydroxylation is 2. The second kappa shape index (κ2) is 5.33. The van der Waals surface area contributed by atoms with Crippen molar-refractivity contribution in [1.82, 2.24) is 0 Å². The van der Waals surface area contributed by atoms with E-state index in [1.54, 1.807) is 39.8 Å². The minimum absolute atomic E-state index is 0.185. The summed E-state index contributed by atoms with van der Waals surface area (Å²) in [4.78, 5) is 1.66. The van der Waals surface area contributed by atoms with Gasteiger partial charge in [-0.2, -0.15) is 0 Å². The number of hydrogen-bond donors (Lipinski definition) is 0. The van der Waals surface area contributed by atoms with Crippen molar-refractivity contribution in [2.45, 2.75) is 37.5 Å². The summed E-state index contributed by atoms with van der Waals surface area (Å²) in [5.41, 5.74) is 2.50. The average molecular weight is 278 g/mol. The molecule has 0 radical (unpaired) electrons. The molecule has 0 bridgehead atoms. The molecule has 0 saturated carbocycles. The predicted molar refractivity (Wildman–Crippen MR) is 75.9 cm³/mol. The van der Waals surface area contributed by atoms with E-state index in [-0.39, 0.29) is 11.6 Å². The molecule has 0 fully saturated rings. The molecule has 0 aliphatic carbocycles. The van der Waals surface area contributed by atoms with E-state index in [1.807, 2.05) is 12.1 Å². The van der Waals surface area contributed by atoms with Crippen LogP contribution in [-0.2, 0) is 0 Å². The maximum Gasteiger partial charge on any atom is 0.130 e. The topological polar surface area (TPSA) is 0 Å². The first kappa shape index (κ1) is 14.1. The smallest absolute Gasteiger partial charge is 0.130 e. The second-order valence-electron chi connectivity index (χ2n) is 4.74. The van der Waals surface area contributed by atoms with Gasteiger partial charge in [0.1, 0.15) is 11.6 Å². The molecule has 2 aromatic rings. The van der Waals surface area contributed by atoms with Gasteiger partial charge in [-0.1, -0.05) is 23.9 Å². The van der Waals surface area contributed by atoms with E-state index in [1.165, 1.54) is 11.8 Å². The molecule has 0 aliphatic heterocycles. The summed E-state index contributed by atoms with van der Waals surface area (Å²) in [5, 5.41) is 0. The van der Waals surface area contributed by atoms with Gasteiger partial charge in [-0.05, 0) is 62.1 Å². The fourth-order valence-electron chi connectivity index (χ4n) is 1.95. The molecular weight excluding hydrogens is 262 g/mol. The first-order chi connectivity index (χ1) is 8.91. The second-order valence-corrected chi connectivity index (χ2v) is 5.82. The lowest BCUT2D eigenvalue weighted by Crippen LogP contribution is -1.93. The summed E-state index contributed by atoms with van der Waals surface area (Å²) >= 11 is 1.41. The Hall–Kier alpha value is -1.35. The van der Waals surface area contributed by atoms with Crippen LogP contribution in [0.5, 0.6) is 0 Å². The van der Waals surface area contributed by atoms with E-state index in [2.05, 4.69) is 0 Å². The normalized spacial score (nSPS) is 10.8. The fraction of sp³-hybridized carbons (Fsp3) is 0.250. The van der Waals surface area contributed by atoms with Crippen LogP contribution >= 0.6 is 11.8 Å². The van der Waals surface area contributed by atoms with Crippen LogP contribution in [0.3, 0.4) is 0 Å². The quantitative estimate of drug-likeness (QED) is 0.713. The Morgan fingerprint density at radius 3 is 1.42 bits per heavy atom. The maximum absolute atomic E-state index is 13.9. The zero-order valence-electron chi connectivity index (χ0n) is 11.5. The van der Waals surface area contributed by atoms with Crippen molar-refractivity contribution >= 4 is 11.8 Å². The van der Waals surface area contributed by atoms with Crippen LogP contribution in [0.15, 0.2) is 34.1 Å². The Bertz CT molecular complexity index is 578. The van der Waals surface area contributed by atoms with Crippen LogP contribution in [0.1, 0.15) is 22.3 Å². The number of halogens is 2. The molecule has 0 amide bonds. The largest absolute Gasteiger partial charge is 0.206 e. The number of rotatable bonds is 2. The summed E-state index contributed by atoms with van der Waals surface area (Å²) < 4.78 is 27.7. The standard InChI is InChI=1S/C16H16F2S/c1-9-5-7-13(11(3)15(9)17)19-14-8-6-10(2)16(18)12(14)4/h5-8H,1-4H3.